The van der Waals surface area contributed by atoms with Crippen LogP contribution in [0.1, 0.15) is 35.7 Å². The van der Waals surface area contributed by atoms with Crippen LogP contribution in [0, 0.1) is 5.92 Å². The molecule has 2 aromatic carbocycles. The number of nitrogens with zero attached hydrogens (tertiary/aromatic N) is 1. The minimum absolute atomic E-state index is 0.140. The van der Waals surface area contributed by atoms with Crippen LogP contribution in [-0.2, 0) is 16.0 Å². The molecule has 0 aromatic heterocycles. The third-order valence-electron chi connectivity index (χ3n) is 4.89. The molecule has 4 rings (SSSR count). The van der Waals surface area contributed by atoms with E-state index in [-0.39, 0.29) is 23.6 Å². The number of anilines is 3. The van der Waals surface area contributed by atoms with Gasteiger partial charge in [-0.2, -0.15) is 0 Å². The van der Waals surface area contributed by atoms with Crippen LogP contribution < -0.4 is 15.5 Å². The second kappa shape index (κ2) is 6.87. The van der Waals surface area contributed by atoms with E-state index in [1.807, 2.05) is 17.0 Å². The van der Waals surface area contributed by atoms with Gasteiger partial charge in [-0.05, 0) is 67.3 Å². The van der Waals surface area contributed by atoms with Gasteiger partial charge in [0.2, 0.25) is 11.8 Å². The van der Waals surface area contributed by atoms with Crippen molar-refractivity contribution in [2.75, 3.05) is 22.1 Å². The fourth-order valence-corrected chi connectivity index (χ4v) is 3.37. The molecule has 27 heavy (non-hydrogen) atoms. The number of carbonyl (C=O) groups is 3. The fourth-order valence-electron chi connectivity index (χ4n) is 3.37. The molecule has 1 aliphatic carbocycles. The third-order valence-corrected chi connectivity index (χ3v) is 4.89. The summed E-state index contributed by atoms with van der Waals surface area (Å²) in [5, 5.41) is 5.55. The molecule has 0 bridgehead atoms. The molecular weight excluding hydrogens is 342 g/mol. The number of fused-ring (bicyclic) bond motifs is 1. The van der Waals surface area contributed by atoms with Crippen LogP contribution in [0.2, 0.25) is 0 Å². The predicted molar refractivity (Wildman–Crippen MR) is 104 cm³/mol. The molecular formula is C21H21N3O3. The molecule has 1 aliphatic heterocycles. The molecule has 6 heteroatoms. The molecule has 1 saturated carbocycles. The van der Waals surface area contributed by atoms with Gasteiger partial charge in [0, 0.05) is 42.0 Å². The van der Waals surface area contributed by atoms with Crippen molar-refractivity contribution in [3.8, 4) is 0 Å². The Balaban J connectivity index is 1.45. The van der Waals surface area contributed by atoms with E-state index >= 15 is 0 Å². The largest absolute Gasteiger partial charge is 0.326 e. The highest BCUT2D eigenvalue weighted by Crippen LogP contribution is 2.36. The van der Waals surface area contributed by atoms with Crippen LogP contribution in [0.4, 0.5) is 17.1 Å². The molecule has 0 saturated heterocycles. The highest BCUT2D eigenvalue weighted by Gasteiger charge is 2.36. The molecule has 0 spiro atoms. The lowest BCUT2D eigenvalue weighted by molar-refractivity contribution is -0.119. The van der Waals surface area contributed by atoms with Crippen molar-refractivity contribution in [1.82, 2.24) is 0 Å². The number of benzene rings is 2. The Labute approximate surface area is 157 Å². The maximum atomic E-state index is 12.5. The standard InChI is InChI=1S/C21H21N3O3/c1-13(25)22-17-5-7-18(8-6-17)23-20(26)16-4-9-19-15(12-16)10-11-24(19)21(27)14-2-3-14/h4-9,12,14H,2-3,10-11H2,1H3,(H,22,25)(H,23,26). The molecule has 1 heterocycles. The van der Waals surface area contributed by atoms with E-state index in [9.17, 15) is 14.4 Å². The van der Waals surface area contributed by atoms with Crippen LogP contribution in [-0.4, -0.2) is 24.3 Å². The zero-order valence-corrected chi connectivity index (χ0v) is 15.1. The smallest absolute Gasteiger partial charge is 0.255 e. The van der Waals surface area contributed by atoms with Gasteiger partial charge in [-0.15, -0.1) is 0 Å². The lowest BCUT2D eigenvalue weighted by Gasteiger charge is -2.17. The monoisotopic (exact) mass is 363 g/mol. The van der Waals surface area contributed by atoms with Gasteiger partial charge < -0.3 is 15.5 Å². The van der Waals surface area contributed by atoms with Gasteiger partial charge in [0.1, 0.15) is 0 Å². The van der Waals surface area contributed by atoms with Gasteiger partial charge in [-0.25, -0.2) is 0 Å². The third kappa shape index (κ3) is 3.69. The highest BCUT2D eigenvalue weighted by molar-refractivity contribution is 6.05. The molecule has 2 aromatic rings. The van der Waals surface area contributed by atoms with Crippen molar-refractivity contribution in [2.24, 2.45) is 5.92 Å². The minimum atomic E-state index is -0.197. The Morgan fingerprint density at radius 1 is 0.963 bits per heavy atom. The Morgan fingerprint density at radius 3 is 2.26 bits per heavy atom. The Hall–Kier alpha value is -3.15. The summed E-state index contributed by atoms with van der Waals surface area (Å²) in [6, 6.07) is 12.5. The van der Waals surface area contributed by atoms with Gasteiger partial charge >= 0.3 is 0 Å². The summed E-state index contributed by atoms with van der Waals surface area (Å²) in [6.45, 7) is 2.14. The zero-order chi connectivity index (χ0) is 19.0. The van der Waals surface area contributed by atoms with E-state index in [0.29, 0.717) is 23.5 Å². The molecule has 2 aliphatic rings. The maximum Gasteiger partial charge on any atom is 0.255 e. The number of nitrogens with one attached hydrogen (secondary N) is 2. The summed E-state index contributed by atoms with van der Waals surface area (Å²) in [7, 11) is 0. The summed E-state index contributed by atoms with van der Waals surface area (Å²) < 4.78 is 0. The first kappa shape index (κ1) is 17.3. The lowest BCUT2D eigenvalue weighted by Crippen LogP contribution is -2.30. The van der Waals surface area contributed by atoms with Crippen molar-refractivity contribution < 1.29 is 14.4 Å². The van der Waals surface area contributed by atoms with Crippen molar-refractivity contribution in [3.05, 3.63) is 53.6 Å². The molecule has 3 amide bonds. The molecule has 0 unspecified atom stereocenters. The highest BCUT2D eigenvalue weighted by atomic mass is 16.2. The number of hydrogen-bond acceptors (Lipinski definition) is 3. The summed E-state index contributed by atoms with van der Waals surface area (Å²) >= 11 is 0. The second-order valence-electron chi connectivity index (χ2n) is 7.07. The van der Waals surface area contributed by atoms with Crippen LogP contribution in [0.25, 0.3) is 0 Å². The first-order valence-corrected chi connectivity index (χ1v) is 9.14. The van der Waals surface area contributed by atoms with Gasteiger partial charge in [0.25, 0.3) is 5.91 Å². The van der Waals surface area contributed by atoms with E-state index < -0.39 is 0 Å². The molecule has 0 atom stereocenters. The second-order valence-corrected chi connectivity index (χ2v) is 7.07. The summed E-state index contributed by atoms with van der Waals surface area (Å²) in [6.07, 6.45) is 2.76. The van der Waals surface area contributed by atoms with Gasteiger partial charge in [-0.3, -0.25) is 14.4 Å². The van der Waals surface area contributed by atoms with Crippen molar-refractivity contribution in [1.29, 1.82) is 0 Å². The number of amides is 3. The van der Waals surface area contributed by atoms with E-state index in [0.717, 1.165) is 30.5 Å². The SMILES string of the molecule is CC(=O)Nc1ccc(NC(=O)c2ccc3c(c2)CCN3C(=O)C2CC2)cc1. The Bertz CT molecular complexity index is 917. The van der Waals surface area contributed by atoms with E-state index in [4.69, 9.17) is 0 Å². The fraction of sp³-hybridized carbons (Fsp3) is 0.286. The Kier molecular flexibility index (Phi) is 4.39. The topological polar surface area (TPSA) is 78.5 Å². The van der Waals surface area contributed by atoms with Crippen molar-refractivity contribution >= 4 is 34.8 Å². The molecule has 6 nitrogen and oxygen atoms in total. The van der Waals surface area contributed by atoms with Gasteiger partial charge in [-0.1, -0.05) is 0 Å². The summed E-state index contributed by atoms with van der Waals surface area (Å²) in [5.41, 5.74) is 3.87. The Morgan fingerprint density at radius 2 is 1.63 bits per heavy atom. The number of hydrogen-bond donors (Lipinski definition) is 2. The summed E-state index contributed by atoms with van der Waals surface area (Å²) in [4.78, 5) is 37.8. The zero-order valence-electron chi connectivity index (χ0n) is 15.1. The average Bonchev–Trinajstić information content (AvgIpc) is 3.41. The molecule has 0 radical (unpaired) electrons. The van der Waals surface area contributed by atoms with E-state index in [1.165, 1.54) is 6.92 Å². The minimum Gasteiger partial charge on any atom is -0.326 e. The van der Waals surface area contributed by atoms with Gasteiger partial charge in [0.15, 0.2) is 0 Å². The summed E-state index contributed by atoms with van der Waals surface area (Å²) in [5.74, 6) is 0.0702. The van der Waals surface area contributed by atoms with E-state index in [1.54, 1.807) is 30.3 Å². The number of carbonyl (C=O) groups excluding carboxylic acids is 3. The first-order valence-electron chi connectivity index (χ1n) is 9.14. The molecule has 2 N–H and O–H groups in total. The van der Waals surface area contributed by atoms with Crippen molar-refractivity contribution in [3.63, 3.8) is 0 Å². The van der Waals surface area contributed by atoms with Crippen molar-refractivity contribution in [2.45, 2.75) is 26.2 Å². The van der Waals surface area contributed by atoms with Crippen LogP contribution >= 0.6 is 0 Å². The van der Waals surface area contributed by atoms with Crippen LogP contribution in [0.3, 0.4) is 0 Å². The van der Waals surface area contributed by atoms with Gasteiger partial charge in [0.05, 0.1) is 0 Å². The normalized spacial score (nSPS) is 15.2. The molecule has 138 valence electrons. The average molecular weight is 363 g/mol. The van der Waals surface area contributed by atoms with Crippen LogP contribution in [0.5, 0.6) is 0 Å². The van der Waals surface area contributed by atoms with Crippen LogP contribution in [0.15, 0.2) is 42.5 Å². The number of rotatable bonds is 4. The lowest BCUT2D eigenvalue weighted by atomic mass is 10.1. The van der Waals surface area contributed by atoms with E-state index in [2.05, 4.69) is 10.6 Å². The first-order chi connectivity index (χ1) is 13.0. The quantitative estimate of drug-likeness (QED) is 0.876. The molecule has 1 fully saturated rings. The predicted octanol–water partition coefficient (Wildman–Crippen LogP) is 3.20. The maximum absolute atomic E-state index is 12.5.